The van der Waals surface area contributed by atoms with Gasteiger partial charge in [-0.1, -0.05) is 13.0 Å². The number of phenols is 1. The molecule has 1 aliphatic heterocycles. The molecule has 0 atom stereocenters. The van der Waals surface area contributed by atoms with E-state index in [2.05, 4.69) is 16.9 Å². The average molecular weight is 273 g/mol. The van der Waals surface area contributed by atoms with Crippen LogP contribution in [0.4, 0.5) is 0 Å². The zero-order valence-electron chi connectivity index (χ0n) is 11.6. The number of nitrogens with zero attached hydrogens (tertiary/aromatic N) is 3. The Morgan fingerprint density at radius 3 is 2.75 bits per heavy atom. The molecule has 1 saturated heterocycles. The zero-order valence-corrected chi connectivity index (χ0v) is 11.6. The lowest BCUT2D eigenvalue weighted by atomic mass is 10.0. The molecule has 1 fully saturated rings. The third-order valence-electron chi connectivity index (χ3n) is 4.18. The van der Waals surface area contributed by atoms with Gasteiger partial charge in [-0.25, -0.2) is 4.68 Å². The van der Waals surface area contributed by atoms with Crippen LogP contribution in [0.2, 0.25) is 0 Å². The molecule has 1 aromatic carbocycles. The Balaban J connectivity index is 1.97. The maximum atomic E-state index is 12.5. The highest BCUT2D eigenvalue weighted by molar-refractivity contribution is 5.86. The normalized spacial score (nSPS) is 17.6. The van der Waals surface area contributed by atoms with E-state index in [-0.39, 0.29) is 17.4 Å². The van der Waals surface area contributed by atoms with Crippen LogP contribution in [0, 0.1) is 0 Å². The van der Waals surface area contributed by atoms with Crippen molar-refractivity contribution in [3.63, 3.8) is 0 Å². The van der Waals surface area contributed by atoms with Crippen LogP contribution in [0.1, 0.15) is 25.8 Å². The number of fused-ring (bicyclic) bond motifs is 1. The van der Waals surface area contributed by atoms with E-state index in [1.54, 1.807) is 29.1 Å². The molecule has 1 aliphatic rings. The SMILES string of the molecule is CCN1CCC(n2ncc3c(O)cccc3c2=O)CC1. The molecule has 5 heteroatoms. The van der Waals surface area contributed by atoms with Gasteiger partial charge in [0.25, 0.3) is 5.56 Å². The van der Waals surface area contributed by atoms with Gasteiger partial charge in [0.2, 0.25) is 0 Å². The second-order valence-corrected chi connectivity index (χ2v) is 5.30. The highest BCUT2D eigenvalue weighted by Gasteiger charge is 2.21. The molecule has 3 rings (SSSR count). The minimum absolute atomic E-state index is 0.103. The fourth-order valence-corrected chi connectivity index (χ4v) is 2.91. The van der Waals surface area contributed by atoms with Crippen LogP contribution in [0.5, 0.6) is 5.75 Å². The quantitative estimate of drug-likeness (QED) is 0.906. The molecule has 2 aromatic rings. The van der Waals surface area contributed by atoms with Gasteiger partial charge in [0, 0.05) is 18.5 Å². The van der Waals surface area contributed by atoms with Crippen molar-refractivity contribution in [3.8, 4) is 5.75 Å². The second-order valence-electron chi connectivity index (χ2n) is 5.30. The first-order valence-corrected chi connectivity index (χ1v) is 7.12. The summed E-state index contributed by atoms with van der Waals surface area (Å²) in [4.78, 5) is 14.9. The Morgan fingerprint density at radius 1 is 1.30 bits per heavy atom. The van der Waals surface area contributed by atoms with Crippen LogP contribution >= 0.6 is 0 Å². The van der Waals surface area contributed by atoms with Gasteiger partial charge in [0.15, 0.2) is 0 Å². The van der Waals surface area contributed by atoms with Crippen molar-refractivity contribution in [2.75, 3.05) is 19.6 Å². The number of likely N-dealkylation sites (tertiary alicyclic amines) is 1. The van der Waals surface area contributed by atoms with E-state index >= 15 is 0 Å². The van der Waals surface area contributed by atoms with Gasteiger partial charge in [-0.05, 0) is 31.5 Å². The topological polar surface area (TPSA) is 58.4 Å². The highest BCUT2D eigenvalue weighted by Crippen LogP contribution is 2.23. The number of benzene rings is 1. The number of aromatic nitrogens is 2. The van der Waals surface area contributed by atoms with Crippen LogP contribution < -0.4 is 5.56 Å². The van der Waals surface area contributed by atoms with Crippen LogP contribution in [0.3, 0.4) is 0 Å². The van der Waals surface area contributed by atoms with Gasteiger partial charge in [-0.15, -0.1) is 0 Å². The van der Waals surface area contributed by atoms with Gasteiger partial charge in [0.05, 0.1) is 17.6 Å². The number of phenolic OH excluding ortho intramolecular Hbond substituents is 1. The summed E-state index contributed by atoms with van der Waals surface area (Å²) < 4.78 is 1.59. The Hall–Kier alpha value is -1.88. The molecule has 1 aromatic heterocycles. The summed E-state index contributed by atoms with van der Waals surface area (Å²) in [6, 6.07) is 5.19. The molecule has 0 saturated carbocycles. The van der Waals surface area contributed by atoms with E-state index in [1.807, 2.05) is 0 Å². The van der Waals surface area contributed by atoms with Crippen LogP contribution in [-0.2, 0) is 0 Å². The van der Waals surface area contributed by atoms with E-state index in [4.69, 9.17) is 0 Å². The molecule has 0 unspecified atom stereocenters. The lowest BCUT2D eigenvalue weighted by Crippen LogP contribution is -2.38. The summed E-state index contributed by atoms with van der Waals surface area (Å²) in [7, 11) is 0. The number of rotatable bonds is 2. The van der Waals surface area contributed by atoms with Crippen molar-refractivity contribution in [3.05, 3.63) is 34.7 Å². The third kappa shape index (κ3) is 2.18. The smallest absolute Gasteiger partial charge is 0.275 e. The van der Waals surface area contributed by atoms with E-state index < -0.39 is 0 Å². The first kappa shape index (κ1) is 13.1. The summed E-state index contributed by atoms with van der Waals surface area (Å²) in [5.41, 5.74) is -0.103. The molecular formula is C15H19N3O2. The third-order valence-corrected chi connectivity index (χ3v) is 4.18. The predicted molar refractivity (Wildman–Crippen MR) is 78.1 cm³/mol. The standard InChI is InChI=1S/C15H19N3O2/c1-2-17-8-6-11(7-9-17)18-15(20)12-4-3-5-14(19)13(12)10-16-18/h3-5,10-11,19H,2,6-9H2,1H3. The molecule has 1 N–H and O–H groups in total. The van der Waals surface area contributed by atoms with Gasteiger partial charge < -0.3 is 10.0 Å². The average Bonchev–Trinajstić information content (AvgIpc) is 2.49. The van der Waals surface area contributed by atoms with Crippen LogP contribution in [0.25, 0.3) is 10.8 Å². The number of hydrogen-bond donors (Lipinski definition) is 1. The Kier molecular flexibility index (Phi) is 3.44. The first-order valence-electron chi connectivity index (χ1n) is 7.12. The summed E-state index contributed by atoms with van der Waals surface area (Å²) in [5, 5.41) is 15.1. The summed E-state index contributed by atoms with van der Waals surface area (Å²) >= 11 is 0. The van der Waals surface area contributed by atoms with E-state index in [9.17, 15) is 9.90 Å². The van der Waals surface area contributed by atoms with Crippen LogP contribution in [0.15, 0.2) is 29.2 Å². The summed E-state index contributed by atoms with van der Waals surface area (Å²) in [6.45, 7) is 5.23. The minimum Gasteiger partial charge on any atom is -0.507 e. The molecular weight excluding hydrogens is 254 g/mol. The molecule has 0 spiro atoms. The van der Waals surface area contributed by atoms with Crippen molar-refractivity contribution >= 4 is 10.8 Å². The maximum absolute atomic E-state index is 12.5. The molecule has 106 valence electrons. The molecule has 0 bridgehead atoms. The van der Waals surface area contributed by atoms with Crippen molar-refractivity contribution in [2.45, 2.75) is 25.8 Å². The van der Waals surface area contributed by atoms with Gasteiger partial charge >= 0.3 is 0 Å². The first-order chi connectivity index (χ1) is 9.70. The van der Waals surface area contributed by atoms with Crippen LogP contribution in [-0.4, -0.2) is 39.4 Å². The van der Waals surface area contributed by atoms with E-state index in [0.717, 1.165) is 32.5 Å². The Morgan fingerprint density at radius 2 is 2.05 bits per heavy atom. The minimum atomic E-state index is -0.103. The van der Waals surface area contributed by atoms with E-state index in [0.29, 0.717) is 10.8 Å². The predicted octanol–water partition coefficient (Wildman–Crippen LogP) is 1.76. The van der Waals surface area contributed by atoms with Crippen molar-refractivity contribution in [1.82, 2.24) is 14.7 Å². The summed E-state index contributed by atoms with van der Waals surface area (Å²) in [5.74, 6) is 0.111. The number of piperidine rings is 1. The van der Waals surface area contributed by atoms with Gasteiger partial charge in [-0.3, -0.25) is 4.79 Å². The monoisotopic (exact) mass is 273 g/mol. The summed E-state index contributed by atoms with van der Waals surface area (Å²) in [6.07, 6.45) is 3.49. The fourth-order valence-electron chi connectivity index (χ4n) is 2.91. The van der Waals surface area contributed by atoms with Gasteiger partial charge in [0.1, 0.15) is 5.75 Å². The molecule has 2 heterocycles. The largest absolute Gasteiger partial charge is 0.507 e. The van der Waals surface area contributed by atoms with Crippen molar-refractivity contribution in [2.24, 2.45) is 0 Å². The Labute approximate surface area is 117 Å². The maximum Gasteiger partial charge on any atom is 0.275 e. The number of hydrogen-bond acceptors (Lipinski definition) is 4. The highest BCUT2D eigenvalue weighted by atomic mass is 16.3. The van der Waals surface area contributed by atoms with Crippen molar-refractivity contribution in [1.29, 1.82) is 0 Å². The van der Waals surface area contributed by atoms with E-state index in [1.165, 1.54) is 0 Å². The lowest BCUT2D eigenvalue weighted by Gasteiger charge is -2.31. The molecule has 20 heavy (non-hydrogen) atoms. The number of aromatic hydroxyl groups is 1. The fraction of sp³-hybridized carbons (Fsp3) is 0.467. The van der Waals surface area contributed by atoms with Crippen molar-refractivity contribution < 1.29 is 5.11 Å². The van der Waals surface area contributed by atoms with Gasteiger partial charge in [-0.2, -0.15) is 5.10 Å². The Bertz CT molecular complexity index is 672. The lowest BCUT2D eigenvalue weighted by molar-refractivity contribution is 0.184. The zero-order chi connectivity index (χ0) is 14.1. The molecule has 0 radical (unpaired) electrons. The molecule has 0 amide bonds. The second kappa shape index (κ2) is 5.25. The molecule has 0 aliphatic carbocycles. The molecule has 5 nitrogen and oxygen atoms in total.